The molecule has 25 heavy (non-hydrogen) atoms. The summed E-state index contributed by atoms with van der Waals surface area (Å²) in [7, 11) is 2.86. The maximum Gasteiger partial charge on any atom is 0.411 e. The number of nitrogens with zero attached hydrogens (tertiary/aromatic N) is 2. The maximum atomic E-state index is 13.2. The lowest BCUT2D eigenvalue weighted by Crippen LogP contribution is -2.62. The Kier molecular flexibility index (Phi) is 7.26. The van der Waals surface area contributed by atoms with Gasteiger partial charge in [0.1, 0.15) is 17.7 Å². The van der Waals surface area contributed by atoms with Crippen molar-refractivity contribution >= 4 is 18.0 Å². The summed E-state index contributed by atoms with van der Waals surface area (Å²) in [5, 5.41) is 0. The van der Waals surface area contributed by atoms with Crippen molar-refractivity contribution in [1.29, 1.82) is 0 Å². The van der Waals surface area contributed by atoms with Crippen molar-refractivity contribution in [3.63, 3.8) is 0 Å². The lowest BCUT2D eigenvalue weighted by atomic mass is 9.79. The Morgan fingerprint density at radius 3 is 2.08 bits per heavy atom. The largest absolute Gasteiger partial charge is 0.468 e. The molecular weight excluding hydrogens is 324 g/mol. The van der Waals surface area contributed by atoms with Crippen LogP contribution in [0.5, 0.6) is 0 Å². The van der Waals surface area contributed by atoms with E-state index in [1.165, 1.54) is 16.9 Å². The third-order valence-corrected chi connectivity index (χ3v) is 4.47. The minimum Gasteiger partial charge on any atom is -0.468 e. The molecule has 0 unspecified atom stereocenters. The van der Waals surface area contributed by atoms with Crippen LogP contribution in [0.1, 0.15) is 59.8 Å². The van der Waals surface area contributed by atoms with E-state index in [0.29, 0.717) is 19.4 Å². The predicted molar refractivity (Wildman–Crippen MR) is 94.1 cm³/mol. The molecule has 0 aromatic carbocycles. The number of likely N-dealkylation sites (N-methyl/N-ethyl adjacent to an activating group) is 2. The fourth-order valence-corrected chi connectivity index (χ4v) is 3.34. The molecule has 1 aliphatic rings. The molecule has 0 aliphatic heterocycles. The van der Waals surface area contributed by atoms with Gasteiger partial charge in [0.2, 0.25) is 5.91 Å². The third-order valence-electron chi connectivity index (χ3n) is 4.47. The number of hydrogen-bond acceptors (Lipinski definition) is 5. The minimum atomic E-state index is -0.960. The Hall–Kier alpha value is -1.79. The van der Waals surface area contributed by atoms with Crippen LogP contribution in [-0.4, -0.2) is 66.2 Å². The van der Waals surface area contributed by atoms with E-state index >= 15 is 0 Å². The van der Waals surface area contributed by atoms with E-state index in [9.17, 15) is 14.4 Å². The molecule has 144 valence electrons. The topological polar surface area (TPSA) is 76.2 Å². The molecule has 7 heteroatoms. The Bertz CT molecular complexity index is 492. The van der Waals surface area contributed by atoms with E-state index in [0.717, 1.165) is 19.3 Å². The smallest absolute Gasteiger partial charge is 0.411 e. The summed E-state index contributed by atoms with van der Waals surface area (Å²) in [5.74, 6) is -0.715. The lowest BCUT2D eigenvalue weighted by molar-refractivity contribution is -0.152. The van der Waals surface area contributed by atoms with Gasteiger partial charge >= 0.3 is 12.1 Å². The highest BCUT2D eigenvalue weighted by Gasteiger charge is 2.49. The van der Waals surface area contributed by atoms with Gasteiger partial charge in [-0.25, -0.2) is 4.79 Å². The third kappa shape index (κ3) is 5.34. The van der Waals surface area contributed by atoms with Crippen molar-refractivity contribution in [3.8, 4) is 0 Å². The summed E-state index contributed by atoms with van der Waals surface area (Å²) in [6.45, 7) is 7.48. The molecule has 0 N–H and O–H groups in total. The summed E-state index contributed by atoms with van der Waals surface area (Å²) < 4.78 is 10.2. The van der Waals surface area contributed by atoms with Crippen LogP contribution in [0.25, 0.3) is 0 Å². The van der Waals surface area contributed by atoms with E-state index in [-0.39, 0.29) is 12.5 Å². The number of hydrogen-bond donors (Lipinski definition) is 0. The van der Waals surface area contributed by atoms with Crippen LogP contribution in [-0.2, 0) is 19.1 Å². The van der Waals surface area contributed by atoms with Gasteiger partial charge in [0.25, 0.3) is 0 Å². The highest BCUT2D eigenvalue weighted by molar-refractivity contribution is 5.92. The molecule has 1 aliphatic carbocycles. The maximum absolute atomic E-state index is 13.2. The number of ether oxygens (including phenoxy) is 2. The van der Waals surface area contributed by atoms with Gasteiger partial charge in [0, 0.05) is 13.6 Å². The van der Waals surface area contributed by atoms with Gasteiger partial charge in [0.05, 0.1) is 7.11 Å². The average Bonchev–Trinajstić information content (AvgIpc) is 2.53. The van der Waals surface area contributed by atoms with Gasteiger partial charge in [-0.05, 0) is 40.5 Å². The van der Waals surface area contributed by atoms with Crippen molar-refractivity contribution in [2.24, 2.45) is 0 Å². The lowest BCUT2D eigenvalue weighted by Gasteiger charge is -2.46. The molecule has 7 nitrogen and oxygen atoms in total. The molecular formula is C18H32N2O5. The quantitative estimate of drug-likeness (QED) is 0.708. The molecule has 0 saturated heterocycles. The molecule has 0 heterocycles. The predicted octanol–water partition coefficient (Wildman–Crippen LogP) is 2.58. The van der Waals surface area contributed by atoms with Crippen molar-refractivity contribution in [2.45, 2.75) is 70.9 Å². The number of carbonyl (C=O) groups excluding carboxylic acids is 3. The zero-order chi connectivity index (χ0) is 19.3. The standard InChI is InChI=1S/C18H32N2O5/c1-7-20(16(23)25-17(2,3)4)18(11-9-8-10-12-18)15(22)19(5)13-14(21)24-6/h7-13H2,1-6H3. The van der Waals surface area contributed by atoms with Crippen LogP contribution in [0, 0.1) is 0 Å². The fraction of sp³-hybridized carbons (Fsp3) is 0.833. The summed E-state index contributed by atoms with van der Waals surface area (Å²) >= 11 is 0. The number of carbonyl (C=O) groups is 3. The highest BCUT2D eigenvalue weighted by Crippen LogP contribution is 2.36. The molecule has 1 fully saturated rings. The number of amides is 2. The number of methoxy groups -OCH3 is 1. The zero-order valence-corrected chi connectivity index (χ0v) is 16.4. The minimum absolute atomic E-state index is 0.136. The fourth-order valence-electron chi connectivity index (χ4n) is 3.34. The van der Waals surface area contributed by atoms with Gasteiger partial charge in [-0.2, -0.15) is 0 Å². The molecule has 0 spiro atoms. The number of esters is 1. The van der Waals surface area contributed by atoms with Crippen LogP contribution in [0.4, 0.5) is 4.79 Å². The Balaban J connectivity index is 3.13. The van der Waals surface area contributed by atoms with E-state index in [1.807, 2.05) is 6.92 Å². The summed E-state index contributed by atoms with van der Waals surface area (Å²) in [6, 6.07) is 0. The average molecular weight is 356 g/mol. The first-order chi connectivity index (χ1) is 11.6. The zero-order valence-electron chi connectivity index (χ0n) is 16.4. The summed E-state index contributed by atoms with van der Waals surface area (Å²) in [4.78, 5) is 40.4. The van der Waals surface area contributed by atoms with E-state index in [4.69, 9.17) is 4.74 Å². The summed E-state index contributed by atoms with van der Waals surface area (Å²) in [6.07, 6.45) is 3.40. The molecule has 0 atom stereocenters. The van der Waals surface area contributed by atoms with Gasteiger partial charge in [-0.1, -0.05) is 19.3 Å². The van der Waals surface area contributed by atoms with Crippen LogP contribution in [0.15, 0.2) is 0 Å². The monoisotopic (exact) mass is 356 g/mol. The van der Waals surface area contributed by atoms with Gasteiger partial charge in [-0.3, -0.25) is 14.5 Å². The molecule has 0 bridgehead atoms. The molecule has 2 amide bonds. The van der Waals surface area contributed by atoms with E-state index in [2.05, 4.69) is 4.74 Å². The second-order valence-electron chi connectivity index (χ2n) is 7.55. The van der Waals surface area contributed by atoms with Crippen LogP contribution >= 0.6 is 0 Å². The normalized spacial score (nSPS) is 16.7. The van der Waals surface area contributed by atoms with Gasteiger partial charge in [0.15, 0.2) is 0 Å². The molecule has 1 saturated carbocycles. The molecule has 0 aromatic rings. The van der Waals surface area contributed by atoms with E-state index < -0.39 is 23.2 Å². The Morgan fingerprint density at radius 2 is 1.64 bits per heavy atom. The Labute approximate surface area is 150 Å². The van der Waals surface area contributed by atoms with Crippen molar-refractivity contribution in [1.82, 2.24) is 9.80 Å². The van der Waals surface area contributed by atoms with Crippen molar-refractivity contribution < 1.29 is 23.9 Å². The Morgan fingerprint density at radius 1 is 1.08 bits per heavy atom. The first-order valence-electron chi connectivity index (χ1n) is 8.90. The van der Waals surface area contributed by atoms with Crippen molar-refractivity contribution in [2.75, 3.05) is 27.2 Å². The SMILES string of the molecule is CCN(C(=O)OC(C)(C)C)C1(C(=O)N(C)CC(=O)OC)CCCCC1. The molecule has 1 rings (SSSR count). The second kappa shape index (κ2) is 8.54. The highest BCUT2D eigenvalue weighted by atomic mass is 16.6. The summed E-state index contributed by atoms with van der Waals surface area (Å²) in [5.41, 5.74) is -1.60. The first-order valence-corrected chi connectivity index (χ1v) is 8.90. The first kappa shape index (κ1) is 21.3. The molecule has 0 radical (unpaired) electrons. The van der Waals surface area contributed by atoms with E-state index in [1.54, 1.807) is 27.8 Å². The van der Waals surface area contributed by atoms with Gasteiger partial charge < -0.3 is 14.4 Å². The van der Waals surface area contributed by atoms with Crippen LogP contribution in [0.2, 0.25) is 0 Å². The van der Waals surface area contributed by atoms with Crippen LogP contribution in [0.3, 0.4) is 0 Å². The van der Waals surface area contributed by atoms with Gasteiger partial charge in [-0.15, -0.1) is 0 Å². The van der Waals surface area contributed by atoms with Crippen LogP contribution < -0.4 is 0 Å². The second-order valence-corrected chi connectivity index (χ2v) is 7.55. The molecule has 0 aromatic heterocycles. The van der Waals surface area contributed by atoms with Crippen molar-refractivity contribution in [3.05, 3.63) is 0 Å². The number of rotatable bonds is 5.